The minimum Gasteiger partial charge on any atom is -0.295 e. The Bertz CT molecular complexity index is 787. The summed E-state index contributed by atoms with van der Waals surface area (Å²) in [5.74, 6) is -0.341. The second-order valence-corrected chi connectivity index (χ2v) is 5.77. The van der Waals surface area contributed by atoms with E-state index in [-0.39, 0.29) is 11.6 Å². The minimum atomic E-state index is -0.341. The number of hydrogen-bond acceptors (Lipinski definition) is 6. The molecule has 0 atom stereocenters. The first kappa shape index (κ1) is 14.3. The number of aryl methyl sites for hydroxylation is 1. The summed E-state index contributed by atoms with van der Waals surface area (Å²) in [5.41, 5.74) is 2.62. The first-order valence-corrected chi connectivity index (χ1v) is 7.47. The van der Waals surface area contributed by atoms with Crippen LogP contribution < -0.4 is 5.32 Å². The van der Waals surface area contributed by atoms with E-state index in [1.807, 2.05) is 12.1 Å². The molecule has 0 unspecified atom stereocenters. The standard InChI is InChI=1S/C15H13N5OS/c1-10-3-2-4-11(7-10)8-13-19-20-15(22-13)18-14(21)12-9-16-5-6-17-12/h2-7,9H,8H2,1H3,(H,18,20,21). The van der Waals surface area contributed by atoms with E-state index >= 15 is 0 Å². The molecule has 0 saturated carbocycles. The van der Waals surface area contributed by atoms with Crippen LogP contribution in [0.3, 0.4) is 0 Å². The largest absolute Gasteiger partial charge is 0.295 e. The lowest BCUT2D eigenvalue weighted by Gasteiger charge is -1.99. The van der Waals surface area contributed by atoms with E-state index in [0.29, 0.717) is 11.6 Å². The van der Waals surface area contributed by atoms with Gasteiger partial charge >= 0.3 is 0 Å². The van der Waals surface area contributed by atoms with Gasteiger partial charge < -0.3 is 0 Å². The maximum Gasteiger partial charge on any atom is 0.277 e. The first-order valence-electron chi connectivity index (χ1n) is 6.66. The lowest BCUT2D eigenvalue weighted by Crippen LogP contribution is -2.13. The van der Waals surface area contributed by atoms with Crippen molar-refractivity contribution in [1.82, 2.24) is 20.2 Å². The summed E-state index contributed by atoms with van der Waals surface area (Å²) in [7, 11) is 0. The van der Waals surface area contributed by atoms with Crippen LogP contribution in [0.1, 0.15) is 26.6 Å². The van der Waals surface area contributed by atoms with Crippen molar-refractivity contribution < 1.29 is 4.79 Å². The van der Waals surface area contributed by atoms with Gasteiger partial charge in [-0.05, 0) is 12.5 Å². The van der Waals surface area contributed by atoms with E-state index in [2.05, 4.69) is 44.5 Å². The number of amides is 1. The van der Waals surface area contributed by atoms with Crippen molar-refractivity contribution in [1.29, 1.82) is 0 Å². The van der Waals surface area contributed by atoms with E-state index in [1.165, 1.54) is 41.1 Å². The summed E-state index contributed by atoms with van der Waals surface area (Å²) in [6, 6.07) is 8.23. The maximum absolute atomic E-state index is 12.0. The van der Waals surface area contributed by atoms with Crippen LogP contribution in [0.25, 0.3) is 0 Å². The van der Waals surface area contributed by atoms with Crippen molar-refractivity contribution in [2.45, 2.75) is 13.3 Å². The van der Waals surface area contributed by atoms with Gasteiger partial charge in [-0.1, -0.05) is 41.2 Å². The Balaban J connectivity index is 1.68. The summed E-state index contributed by atoms with van der Waals surface area (Å²) in [6.07, 6.45) is 5.09. The second-order valence-electron chi connectivity index (χ2n) is 4.71. The molecule has 0 aliphatic heterocycles. The van der Waals surface area contributed by atoms with Gasteiger partial charge in [-0.2, -0.15) is 0 Å². The van der Waals surface area contributed by atoms with Crippen molar-refractivity contribution in [3.63, 3.8) is 0 Å². The number of benzene rings is 1. The molecular weight excluding hydrogens is 298 g/mol. The molecule has 2 heterocycles. The fraction of sp³-hybridized carbons (Fsp3) is 0.133. The monoisotopic (exact) mass is 311 g/mol. The third kappa shape index (κ3) is 3.50. The van der Waals surface area contributed by atoms with Gasteiger partial charge in [0.25, 0.3) is 5.91 Å². The topological polar surface area (TPSA) is 80.7 Å². The normalized spacial score (nSPS) is 10.4. The lowest BCUT2D eigenvalue weighted by molar-refractivity contribution is 0.102. The fourth-order valence-electron chi connectivity index (χ4n) is 1.95. The van der Waals surface area contributed by atoms with Gasteiger partial charge in [-0.25, -0.2) is 4.98 Å². The smallest absolute Gasteiger partial charge is 0.277 e. The predicted octanol–water partition coefficient (Wildman–Crippen LogP) is 2.48. The van der Waals surface area contributed by atoms with Crippen molar-refractivity contribution in [2.75, 3.05) is 5.32 Å². The van der Waals surface area contributed by atoms with Crippen LogP contribution >= 0.6 is 11.3 Å². The van der Waals surface area contributed by atoms with E-state index in [4.69, 9.17) is 0 Å². The molecule has 0 fully saturated rings. The third-order valence-corrected chi connectivity index (χ3v) is 3.76. The summed E-state index contributed by atoms with van der Waals surface area (Å²) < 4.78 is 0. The maximum atomic E-state index is 12.0. The van der Waals surface area contributed by atoms with E-state index in [1.54, 1.807) is 0 Å². The number of anilines is 1. The first-order chi connectivity index (χ1) is 10.7. The zero-order valence-electron chi connectivity index (χ0n) is 11.9. The molecule has 1 N–H and O–H groups in total. The Morgan fingerprint density at radius 1 is 1.27 bits per heavy atom. The number of aromatic nitrogens is 4. The minimum absolute atomic E-state index is 0.248. The summed E-state index contributed by atoms with van der Waals surface area (Å²) in [6.45, 7) is 2.05. The Hall–Kier alpha value is -2.67. The van der Waals surface area contributed by atoms with Gasteiger partial charge in [0.1, 0.15) is 10.7 Å². The number of nitrogens with zero attached hydrogens (tertiary/aromatic N) is 4. The highest BCUT2D eigenvalue weighted by molar-refractivity contribution is 7.15. The molecule has 3 rings (SSSR count). The van der Waals surface area contributed by atoms with Crippen molar-refractivity contribution in [3.8, 4) is 0 Å². The number of hydrogen-bond donors (Lipinski definition) is 1. The molecule has 1 aromatic carbocycles. The zero-order valence-corrected chi connectivity index (χ0v) is 12.7. The van der Waals surface area contributed by atoms with Gasteiger partial charge in [-0.15, -0.1) is 10.2 Å². The van der Waals surface area contributed by atoms with Crippen LogP contribution in [0.4, 0.5) is 5.13 Å². The molecule has 2 aromatic heterocycles. The number of rotatable bonds is 4. The van der Waals surface area contributed by atoms with Gasteiger partial charge in [0.05, 0.1) is 6.20 Å². The van der Waals surface area contributed by atoms with Gasteiger partial charge in [0.2, 0.25) is 5.13 Å². The molecule has 1 amide bonds. The average Bonchev–Trinajstić information content (AvgIpc) is 2.95. The van der Waals surface area contributed by atoms with Gasteiger partial charge in [0.15, 0.2) is 0 Å². The van der Waals surface area contributed by atoms with Crippen LogP contribution in [0, 0.1) is 6.92 Å². The predicted molar refractivity (Wildman–Crippen MR) is 83.9 cm³/mol. The number of nitrogens with one attached hydrogen (secondary N) is 1. The summed E-state index contributed by atoms with van der Waals surface area (Å²) >= 11 is 1.35. The van der Waals surface area contributed by atoms with E-state index in [9.17, 15) is 4.79 Å². The van der Waals surface area contributed by atoms with Crippen molar-refractivity contribution in [3.05, 3.63) is 64.7 Å². The molecule has 7 heteroatoms. The summed E-state index contributed by atoms with van der Waals surface area (Å²) in [5, 5.41) is 12.1. The molecule has 0 aliphatic rings. The molecule has 0 aliphatic carbocycles. The van der Waals surface area contributed by atoms with Crippen molar-refractivity contribution >= 4 is 22.4 Å². The number of carbonyl (C=O) groups excluding carboxylic acids is 1. The molecule has 0 saturated heterocycles. The zero-order chi connectivity index (χ0) is 15.4. The van der Waals surface area contributed by atoms with Crippen LogP contribution in [0.5, 0.6) is 0 Å². The molecule has 0 radical (unpaired) electrons. The van der Waals surface area contributed by atoms with Crippen LogP contribution in [0.2, 0.25) is 0 Å². The Morgan fingerprint density at radius 2 is 2.18 bits per heavy atom. The Morgan fingerprint density at radius 3 is 2.95 bits per heavy atom. The van der Waals surface area contributed by atoms with Crippen molar-refractivity contribution in [2.24, 2.45) is 0 Å². The van der Waals surface area contributed by atoms with Gasteiger partial charge in [0, 0.05) is 18.8 Å². The molecule has 3 aromatic rings. The van der Waals surface area contributed by atoms with Crippen LogP contribution in [-0.4, -0.2) is 26.1 Å². The quantitative estimate of drug-likeness (QED) is 0.800. The highest BCUT2D eigenvalue weighted by atomic mass is 32.1. The second kappa shape index (κ2) is 6.40. The Labute approximate surface area is 131 Å². The number of carbonyl (C=O) groups is 1. The molecule has 110 valence electrons. The SMILES string of the molecule is Cc1cccc(Cc2nnc(NC(=O)c3cnccn3)s2)c1. The van der Waals surface area contributed by atoms with Crippen LogP contribution in [0.15, 0.2) is 42.9 Å². The third-order valence-electron chi connectivity index (χ3n) is 2.92. The van der Waals surface area contributed by atoms with E-state index in [0.717, 1.165) is 5.01 Å². The average molecular weight is 311 g/mol. The highest BCUT2D eigenvalue weighted by Crippen LogP contribution is 2.19. The molecule has 0 spiro atoms. The molecule has 22 heavy (non-hydrogen) atoms. The highest BCUT2D eigenvalue weighted by Gasteiger charge is 2.11. The van der Waals surface area contributed by atoms with E-state index < -0.39 is 0 Å². The van der Waals surface area contributed by atoms with Crippen LogP contribution in [-0.2, 0) is 6.42 Å². The molecule has 0 bridgehead atoms. The van der Waals surface area contributed by atoms with Gasteiger partial charge in [-0.3, -0.25) is 15.1 Å². The molecule has 6 nitrogen and oxygen atoms in total. The lowest BCUT2D eigenvalue weighted by atomic mass is 10.1. The summed E-state index contributed by atoms with van der Waals surface area (Å²) in [4.78, 5) is 19.8. The fourth-order valence-corrected chi connectivity index (χ4v) is 2.72. The molecular formula is C15H13N5OS. The Kier molecular flexibility index (Phi) is 4.15.